The van der Waals surface area contributed by atoms with Gasteiger partial charge in [0.1, 0.15) is 18.2 Å². The molecule has 0 aliphatic carbocycles. The molecule has 1 N–H and O–H groups in total. The molecule has 0 aliphatic heterocycles. The summed E-state index contributed by atoms with van der Waals surface area (Å²) in [6.45, 7) is 4.38. The molecule has 0 radical (unpaired) electrons. The fraction of sp³-hybridized carbons (Fsp3) is 0.172. The summed E-state index contributed by atoms with van der Waals surface area (Å²) in [7, 11) is 0. The molecule has 37 heavy (non-hydrogen) atoms. The van der Waals surface area contributed by atoms with Crippen LogP contribution in [0.15, 0.2) is 72.3 Å². The molecule has 0 saturated heterocycles. The van der Waals surface area contributed by atoms with Crippen molar-refractivity contribution < 1.29 is 23.8 Å². The Morgan fingerprint density at radius 2 is 1.68 bits per heavy atom. The van der Waals surface area contributed by atoms with E-state index in [2.05, 4.69) is 11.4 Å². The van der Waals surface area contributed by atoms with Gasteiger partial charge in [-0.2, -0.15) is 10.5 Å². The molecule has 0 spiro atoms. The first kappa shape index (κ1) is 26.5. The van der Waals surface area contributed by atoms with Crippen LogP contribution in [0.25, 0.3) is 6.08 Å². The number of ether oxygens (including phenoxy) is 3. The molecule has 0 atom stereocenters. The van der Waals surface area contributed by atoms with E-state index in [0.717, 1.165) is 5.56 Å². The van der Waals surface area contributed by atoms with Crippen LogP contribution >= 0.6 is 0 Å². The van der Waals surface area contributed by atoms with Gasteiger partial charge in [-0.1, -0.05) is 24.3 Å². The van der Waals surface area contributed by atoms with Crippen LogP contribution in [-0.4, -0.2) is 25.1 Å². The first-order valence-electron chi connectivity index (χ1n) is 11.6. The summed E-state index contributed by atoms with van der Waals surface area (Å²) >= 11 is 0. The number of esters is 1. The van der Waals surface area contributed by atoms with Gasteiger partial charge >= 0.3 is 5.97 Å². The molecule has 3 rings (SSSR count). The Bertz CT molecular complexity index is 1380. The first-order valence-corrected chi connectivity index (χ1v) is 11.6. The van der Waals surface area contributed by atoms with E-state index in [1.807, 2.05) is 25.1 Å². The molecular weight excluding hydrogens is 470 g/mol. The van der Waals surface area contributed by atoms with Crippen LogP contribution in [0.4, 0.5) is 5.69 Å². The molecule has 0 bridgehead atoms. The Balaban J connectivity index is 1.75. The molecule has 0 aromatic heterocycles. The molecule has 0 fully saturated rings. The third kappa shape index (κ3) is 7.20. The quantitative estimate of drug-likeness (QED) is 0.231. The monoisotopic (exact) mass is 495 g/mol. The molecular formula is C29H25N3O5. The average molecular weight is 496 g/mol. The maximum absolute atomic E-state index is 12.7. The second-order valence-corrected chi connectivity index (χ2v) is 7.62. The topological polar surface area (TPSA) is 121 Å². The van der Waals surface area contributed by atoms with Gasteiger partial charge in [0.25, 0.3) is 5.91 Å². The number of hydrogen-bond donors (Lipinski definition) is 1. The average Bonchev–Trinajstić information content (AvgIpc) is 2.92. The Kier molecular flexibility index (Phi) is 9.41. The maximum atomic E-state index is 12.7. The van der Waals surface area contributed by atoms with Gasteiger partial charge in [0.05, 0.1) is 30.4 Å². The molecule has 0 aliphatic rings. The standard InChI is InChI=1S/C29H25N3O5/c1-3-35-27-16-20(9-14-26(27)37-19-23-8-6-5-7-22(23)17-30)15-24(18-31)28(33)32-25-12-10-21(11-13-25)29(34)36-4-2/h5-16H,3-4,19H2,1-2H3,(H,32,33)/b24-15+. The van der Waals surface area contributed by atoms with Crippen LogP contribution in [0, 0.1) is 22.7 Å². The highest BCUT2D eigenvalue weighted by Gasteiger charge is 2.13. The molecule has 186 valence electrons. The zero-order valence-electron chi connectivity index (χ0n) is 20.5. The number of rotatable bonds is 10. The largest absolute Gasteiger partial charge is 0.490 e. The van der Waals surface area contributed by atoms with Gasteiger partial charge < -0.3 is 19.5 Å². The van der Waals surface area contributed by atoms with Gasteiger partial charge in [0.15, 0.2) is 11.5 Å². The van der Waals surface area contributed by atoms with Crippen molar-refractivity contribution in [1.29, 1.82) is 10.5 Å². The minimum atomic E-state index is -0.599. The minimum Gasteiger partial charge on any atom is -0.490 e. The summed E-state index contributed by atoms with van der Waals surface area (Å²) in [4.78, 5) is 24.5. The van der Waals surface area contributed by atoms with Crippen molar-refractivity contribution in [3.63, 3.8) is 0 Å². The molecule has 8 heteroatoms. The van der Waals surface area contributed by atoms with Gasteiger partial charge in [0.2, 0.25) is 0 Å². The van der Waals surface area contributed by atoms with Crippen molar-refractivity contribution in [2.75, 3.05) is 18.5 Å². The molecule has 0 unspecified atom stereocenters. The lowest BCUT2D eigenvalue weighted by molar-refractivity contribution is -0.112. The lowest BCUT2D eigenvalue weighted by Gasteiger charge is -2.13. The van der Waals surface area contributed by atoms with Crippen molar-refractivity contribution in [2.45, 2.75) is 20.5 Å². The van der Waals surface area contributed by atoms with Gasteiger partial charge in [-0.3, -0.25) is 4.79 Å². The number of anilines is 1. The Morgan fingerprint density at radius 1 is 0.919 bits per heavy atom. The second-order valence-electron chi connectivity index (χ2n) is 7.62. The SMILES string of the molecule is CCOC(=O)c1ccc(NC(=O)/C(C#N)=C/c2ccc(OCc3ccccc3C#N)c(OCC)c2)cc1. The van der Waals surface area contributed by atoms with E-state index < -0.39 is 11.9 Å². The van der Waals surface area contributed by atoms with Gasteiger partial charge in [0, 0.05) is 11.3 Å². The Hall–Kier alpha value is -5.08. The van der Waals surface area contributed by atoms with Crippen LogP contribution in [0.3, 0.4) is 0 Å². The summed E-state index contributed by atoms with van der Waals surface area (Å²) in [5, 5.41) is 21.5. The number of nitriles is 2. The number of nitrogens with one attached hydrogen (secondary N) is 1. The summed E-state index contributed by atoms with van der Waals surface area (Å²) < 4.78 is 16.5. The fourth-order valence-corrected chi connectivity index (χ4v) is 3.33. The van der Waals surface area contributed by atoms with E-state index in [4.69, 9.17) is 14.2 Å². The van der Waals surface area contributed by atoms with Crippen molar-refractivity contribution in [2.24, 2.45) is 0 Å². The van der Waals surface area contributed by atoms with Crippen LogP contribution in [0.1, 0.15) is 40.9 Å². The van der Waals surface area contributed by atoms with E-state index in [1.165, 1.54) is 18.2 Å². The molecule has 1 amide bonds. The summed E-state index contributed by atoms with van der Waals surface area (Å²) in [5.41, 5.74) is 2.51. The first-order chi connectivity index (χ1) is 18.0. The number of nitrogens with zero attached hydrogens (tertiary/aromatic N) is 2. The van der Waals surface area contributed by atoms with Crippen LogP contribution in [0.2, 0.25) is 0 Å². The number of carbonyl (C=O) groups excluding carboxylic acids is 2. The number of carbonyl (C=O) groups is 2. The van der Waals surface area contributed by atoms with Gasteiger partial charge in [-0.25, -0.2) is 4.79 Å². The van der Waals surface area contributed by atoms with Crippen LogP contribution < -0.4 is 14.8 Å². The molecule has 8 nitrogen and oxygen atoms in total. The molecule has 0 saturated carbocycles. The van der Waals surface area contributed by atoms with Crippen molar-refractivity contribution in [3.05, 3.63) is 94.6 Å². The van der Waals surface area contributed by atoms with Gasteiger partial charge in [-0.05, 0) is 68.0 Å². The third-order valence-electron chi connectivity index (χ3n) is 5.12. The summed E-state index contributed by atoms with van der Waals surface area (Å²) in [5.74, 6) is -0.142. The summed E-state index contributed by atoms with van der Waals surface area (Å²) in [6.07, 6.45) is 1.44. The minimum absolute atomic E-state index is 0.117. The smallest absolute Gasteiger partial charge is 0.338 e. The van der Waals surface area contributed by atoms with E-state index in [-0.39, 0.29) is 18.8 Å². The number of hydrogen-bond acceptors (Lipinski definition) is 7. The molecule has 3 aromatic rings. The van der Waals surface area contributed by atoms with Crippen LogP contribution in [-0.2, 0) is 16.1 Å². The lowest BCUT2D eigenvalue weighted by Crippen LogP contribution is -2.13. The fourth-order valence-electron chi connectivity index (χ4n) is 3.33. The molecule has 3 aromatic carbocycles. The van der Waals surface area contributed by atoms with Gasteiger partial charge in [-0.15, -0.1) is 0 Å². The number of benzene rings is 3. The van der Waals surface area contributed by atoms with Crippen LogP contribution in [0.5, 0.6) is 11.5 Å². The second kappa shape index (κ2) is 13.1. The summed E-state index contributed by atoms with van der Waals surface area (Å²) in [6, 6.07) is 22.5. The van der Waals surface area contributed by atoms with E-state index in [1.54, 1.807) is 49.4 Å². The zero-order chi connectivity index (χ0) is 26.6. The predicted octanol–water partition coefficient (Wildman–Crippen LogP) is 5.26. The Morgan fingerprint density at radius 3 is 2.35 bits per heavy atom. The maximum Gasteiger partial charge on any atom is 0.338 e. The zero-order valence-corrected chi connectivity index (χ0v) is 20.5. The lowest BCUT2D eigenvalue weighted by atomic mass is 10.1. The highest BCUT2D eigenvalue weighted by Crippen LogP contribution is 2.30. The number of amides is 1. The van der Waals surface area contributed by atoms with E-state index in [9.17, 15) is 20.1 Å². The Labute approximate surface area is 215 Å². The highest BCUT2D eigenvalue weighted by atomic mass is 16.5. The van der Waals surface area contributed by atoms with E-state index in [0.29, 0.717) is 40.5 Å². The predicted molar refractivity (Wildman–Crippen MR) is 138 cm³/mol. The highest BCUT2D eigenvalue weighted by molar-refractivity contribution is 6.09. The third-order valence-corrected chi connectivity index (χ3v) is 5.12. The molecule has 0 heterocycles. The van der Waals surface area contributed by atoms with E-state index >= 15 is 0 Å². The normalized spacial score (nSPS) is 10.5. The van der Waals surface area contributed by atoms with Crippen molar-refractivity contribution in [1.82, 2.24) is 0 Å². The van der Waals surface area contributed by atoms with Crippen molar-refractivity contribution in [3.8, 4) is 23.6 Å². The van der Waals surface area contributed by atoms with Crippen molar-refractivity contribution >= 4 is 23.6 Å².